The number of carbonyl (C=O) groups excluding carboxylic acids is 1. The Hall–Kier alpha value is -2.39. The number of nitrogens with one attached hydrogen (secondary N) is 1. The Morgan fingerprint density at radius 3 is 2.59 bits per heavy atom. The van der Waals surface area contributed by atoms with Crippen molar-refractivity contribution in [2.75, 3.05) is 20.2 Å². The van der Waals surface area contributed by atoms with Gasteiger partial charge in [0.05, 0.1) is 12.5 Å². The van der Waals surface area contributed by atoms with E-state index < -0.39 is 15.4 Å². The fourth-order valence-corrected chi connectivity index (χ4v) is 5.59. The fraction of sp³-hybridized carbons (Fsp3) is 0.500. The van der Waals surface area contributed by atoms with Crippen LogP contribution >= 0.6 is 0 Å². The molecule has 2 heterocycles. The second-order valence-electron chi connectivity index (χ2n) is 7.69. The number of amides is 1. The summed E-state index contributed by atoms with van der Waals surface area (Å²) in [7, 11) is -2.18. The summed E-state index contributed by atoms with van der Waals surface area (Å²) < 4.78 is 37.8. The smallest absolute Gasteiger partial charge is 0.248 e. The zero-order valence-corrected chi connectivity index (χ0v) is 18.0. The van der Waals surface area contributed by atoms with Gasteiger partial charge in [0, 0.05) is 19.6 Å². The van der Waals surface area contributed by atoms with Crippen LogP contribution in [0, 0.1) is 19.3 Å². The van der Waals surface area contributed by atoms with Crippen LogP contribution in [0.3, 0.4) is 0 Å². The summed E-state index contributed by atoms with van der Waals surface area (Å²) in [5.74, 6) is 0.852. The molecule has 1 amide bonds. The number of sulfonamides is 1. The average molecular weight is 422 g/mol. The Morgan fingerprint density at radius 1 is 1.31 bits per heavy atom. The van der Waals surface area contributed by atoms with E-state index in [1.54, 1.807) is 21.0 Å². The summed E-state index contributed by atoms with van der Waals surface area (Å²) in [5, 5.41) is 6.70. The van der Waals surface area contributed by atoms with Gasteiger partial charge in [-0.25, -0.2) is 8.42 Å². The fourth-order valence-electron chi connectivity index (χ4n) is 3.69. The molecule has 1 aliphatic rings. The largest absolute Gasteiger partial charge is 0.497 e. The molecule has 1 atom stereocenters. The predicted octanol–water partition coefficient (Wildman–Crippen LogP) is 2.41. The standard InChI is InChI=1S/C20H27N3O5S/c1-14-18(15(2)28-22-14)29(25,26)23-11-5-10-20(3,13-23)19(24)21-12-16-6-8-17(27-4)9-7-16/h6-9H,5,10-13H2,1-4H3,(H,21,24)/t20-/m0/s1. The molecule has 1 N–H and O–H groups in total. The molecule has 1 saturated heterocycles. The Bertz CT molecular complexity index is 965. The van der Waals surface area contributed by atoms with Crippen molar-refractivity contribution in [3.05, 3.63) is 41.3 Å². The number of aromatic nitrogens is 1. The van der Waals surface area contributed by atoms with Gasteiger partial charge in [0.25, 0.3) is 0 Å². The number of piperidine rings is 1. The Balaban J connectivity index is 1.71. The molecule has 0 aliphatic carbocycles. The molecule has 8 nitrogen and oxygen atoms in total. The van der Waals surface area contributed by atoms with Gasteiger partial charge < -0.3 is 14.6 Å². The van der Waals surface area contributed by atoms with Crippen LogP contribution in [0.2, 0.25) is 0 Å². The first kappa shape index (κ1) is 21.3. The molecule has 1 aromatic heterocycles. The monoisotopic (exact) mass is 421 g/mol. The maximum absolute atomic E-state index is 13.1. The second kappa shape index (κ2) is 8.16. The first-order chi connectivity index (χ1) is 13.7. The molecule has 3 rings (SSSR count). The Labute approximate surface area is 171 Å². The predicted molar refractivity (Wildman–Crippen MR) is 107 cm³/mol. The molecular weight excluding hydrogens is 394 g/mol. The Morgan fingerprint density at radius 2 is 2.00 bits per heavy atom. The average Bonchev–Trinajstić information content (AvgIpc) is 3.05. The zero-order valence-electron chi connectivity index (χ0n) is 17.2. The van der Waals surface area contributed by atoms with Crippen molar-refractivity contribution >= 4 is 15.9 Å². The zero-order chi connectivity index (χ0) is 21.2. The second-order valence-corrected chi connectivity index (χ2v) is 9.56. The third-order valence-corrected chi connectivity index (χ3v) is 7.48. The highest BCUT2D eigenvalue weighted by Crippen LogP contribution is 2.34. The van der Waals surface area contributed by atoms with Crippen molar-refractivity contribution in [2.45, 2.75) is 45.1 Å². The number of methoxy groups -OCH3 is 1. The summed E-state index contributed by atoms with van der Waals surface area (Å²) in [6, 6.07) is 7.44. The summed E-state index contributed by atoms with van der Waals surface area (Å²) in [6.07, 6.45) is 1.23. The third-order valence-electron chi connectivity index (χ3n) is 5.39. The van der Waals surface area contributed by atoms with Crippen LogP contribution in [-0.2, 0) is 21.4 Å². The lowest BCUT2D eigenvalue weighted by atomic mass is 9.82. The van der Waals surface area contributed by atoms with Crippen LogP contribution in [0.15, 0.2) is 33.7 Å². The third kappa shape index (κ3) is 4.30. The molecule has 2 aromatic rings. The van der Waals surface area contributed by atoms with Gasteiger partial charge in [-0.1, -0.05) is 17.3 Å². The highest BCUT2D eigenvalue weighted by atomic mass is 32.2. The molecule has 1 fully saturated rings. The molecule has 1 aliphatic heterocycles. The van der Waals surface area contributed by atoms with E-state index in [9.17, 15) is 13.2 Å². The van der Waals surface area contributed by atoms with E-state index in [1.165, 1.54) is 4.31 Å². The van der Waals surface area contributed by atoms with Gasteiger partial charge in [-0.3, -0.25) is 4.79 Å². The number of aryl methyl sites for hydroxylation is 2. The molecule has 9 heteroatoms. The molecule has 0 unspecified atom stereocenters. The first-order valence-corrected chi connectivity index (χ1v) is 11.0. The van der Waals surface area contributed by atoms with E-state index in [1.807, 2.05) is 31.2 Å². The summed E-state index contributed by atoms with van der Waals surface area (Å²) in [6.45, 7) is 5.85. The van der Waals surface area contributed by atoms with Crippen LogP contribution in [0.4, 0.5) is 0 Å². The van der Waals surface area contributed by atoms with Crippen LogP contribution < -0.4 is 10.1 Å². The van der Waals surface area contributed by atoms with E-state index >= 15 is 0 Å². The maximum Gasteiger partial charge on any atom is 0.248 e. The van der Waals surface area contributed by atoms with Gasteiger partial charge in [-0.05, 0) is 51.3 Å². The molecule has 0 saturated carbocycles. The highest BCUT2D eigenvalue weighted by molar-refractivity contribution is 7.89. The van der Waals surface area contributed by atoms with Crippen molar-refractivity contribution in [1.29, 1.82) is 0 Å². The minimum atomic E-state index is -3.78. The van der Waals surface area contributed by atoms with Crippen molar-refractivity contribution < 1.29 is 22.5 Å². The van der Waals surface area contributed by atoms with Crippen molar-refractivity contribution in [1.82, 2.24) is 14.8 Å². The number of nitrogens with zero attached hydrogens (tertiary/aromatic N) is 2. The number of ether oxygens (including phenoxy) is 1. The highest BCUT2D eigenvalue weighted by Gasteiger charge is 2.43. The van der Waals surface area contributed by atoms with Gasteiger partial charge in [-0.15, -0.1) is 0 Å². The normalized spacial score (nSPS) is 20.4. The van der Waals surface area contributed by atoms with E-state index in [0.717, 1.165) is 11.3 Å². The van der Waals surface area contributed by atoms with Crippen LogP contribution in [0.5, 0.6) is 5.75 Å². The summed E-state index contributed by atoms with van der Waals surface area (Å²) >= 11 is 0. The summed E-state index contributed by atoms with van der Waals surface area (Å²) in [4.78, 5) is 13.0. The molecular formula is C20H27N3O5S. The lowest BCUT2D eigenvalue weighted by Crippen LogP contribution is -2.51. The van der Waals surface area contributed by atoms with Gasteiger partial charge in [-0.2, -0.15) is 4.31 Å². The van der Waals surface area contributed by atoms with Crippen LogP contribution in [0.25, 0.3) is 0 Å². The first-order valence-electron chi connectivity index (χ1n) is 9.51. The minimum Gasteiger partial charge on any atom is -0.497 e. The van der Waals surface area contributed by atoms with Gasteiger partial charge in [0.1, 0.15) is 16.3 Å². The Kier molecular flexibility index (Phi) is 6.00. The van der Waals surface area contributed by atoms with Gasteiger partial charge in [0.15, 0.2) is 5.76 Å². The van der Waals surface area contributed by atoms with E-state index in [0.29, 0.717) is 31.6 Å². The number of rotatable bonds is 6. The minimum absolute atomic E-state index is 0.0976. The number of hydrogen-bond donors (Lipinski definition) is 1. The molecule has 1 aromatic carbocycles. The summed E-state index contributed by atoms with van der Waals surface area (Å²) in [5.41, 5.74) is 0.467. The topological polar surface area (TPSA) is 102 Å². The molecule has 0 radical (unpaired) electrons. The van der Waals surface area contributed by atoms with E-state index in [4.69, 9.17) is 9.26 Å². The SMILES string of the molecule is COc1ccc(CNC(=O)[C@@]2(C)CCCN(S(=O)(=O)c3c(C)noc3C)C2)cc1. The van der Waals surface area contributed by atoms with Crippen LogP contribution in [-0.4, -0.2) is 44.0 Å². The number of hydrogen-bond acceptors (Lipinski definition) is 6. The van der Waals surface area contributed by atoms with Crippen molar-refractivity contribution in [2.24, 2.45) is 5.41 Å². The molecule has 29 heavy (non-hydrogen) atoms. The van der Waals surface area contributed by atoms with E-state index in [-0.39, 0.29) is 23.1 Å². The van der Waals surface area contributed by atoms with Crippen molar-refractivity contribution in [3.8, 4) is 5.75 Å². The quantitative estimate of drug-likeness (QED) is 0.769. The number of carbonyl (C=O) groups is 1. The number of benzene rings is 1. The molecule has 0 spiro atoms. The maximum atomic E-state index is 13.1. The molecule has 158 valence electrons. The van der Waals surface area contributed by atoms with E-state index in [2.05, 4.69) is 10.5 Å². The van der Waals surface area contributed by atoms with Crippen LogP contribution in [0.1, 0.15) is 36.8 Å². The van der Waals surface area contributed by atoms with Gasteiger partial charge in [0.2, 0.25) is 15.9 Å². The van der Waals surface area contributed by atoms with Crippen molar-refractivity contribution in [3.63, 3.8) is 0 Å². The molecule has 0 bridgehead atoms. The lowest BCUT2D eigenvalue weighted by molar-refractivity contribution is -0.132. The van der Waals surface area contributed by atoms with Gasteiger partial charge >= 0.3 is 0 Å². The lowest BCUT2D eigenvalue weighted by Gasteiger charge is -2.38.